The molecule has 0 aromatic carbocycles. The second-order valence-electron chi connectivity index (χ2n) is 4.34. The number of hydrogen-bond donors (Lipinski definition) is 1. The van der Waals surface area contributed by atoms with E-state index in [2.05, 4.69) is 9.88 Å². The zero-order chi connectivity index (χ0) is 11.4. The molecule has 1 saturated heterocycles. The number of carbonyl (C=O) groups excluding carboxylic acids is 1. The van der Waals surface area contributed by atoms with E-state index < -0.39 is 0 Å². The quantitative estimate of drug-likeness (QED) is 0.848. The van der Waals surface area contributed by atoms with Gasteiger partial charge in [0, 0.05) is 24.5 Å². The highest BCUT2D eigenvalue weighted by molar-refractivity contribution is 7.09. The number of primary amides is 1. The Morgan fingerprint density at radius 2 is 2.56 bits per heavy atom. The molecule has 0 radical (unpaired) electrons. The molecule has 16 heavy (non-hydrogen) atoms. The van der Waals surface area contributed by atoms with Gasteiger partial charge in [-0.2, -0.15) is 0 Å². The van der Waals surface area contributed by atoms with Gasteiger partial charge in [-0.1, -0.05) is 0 Å². The number of amides is 1. The summed E-state index contributed by atoms with van der Waals surface area (Å²) in [5, 5.41) is 3.21. The van der Waals surface area contributed by atoms with Gasteiger partial charge in [-0.15, -0.1) is 11.3 Å². The predicted octanol–water partition coefficient (Wildman–Crippen LogP) is 0.883. The lowest BCUT2D eigenvalue weighted by Crippen LogP contribution is -2.41. The first kappa shape index (κ1) is 11.5. The molecule has 0 saturated carbocycles. The van der Waals surface area contributed by atoms with Crippen molar-refractivity contribution < 1.29 is 4.79 Å². The number of likely N-dealkylation sites (tertiary alicyclic amines) is 1. The van der Waals surface area contributed by atoms with Gasteiger partial charge in [0.15, 0.2) is 0 Å². The summed E-state index contributed by atoms with van der Waals surface area (Å²) in [5.74, 6) is 0.397. The van der Waals surface area contributed by atoms with Crippen LogP contribution in [0.25, 0.3) is 0 Å². The molecule has 1 atom stereocenters. The van der Waals surface area contributed by atoms with Gasteiger partial charge in [0.05, 0.1) is 11.6 Å². The first-order chi connectivity index (χ1) is 7.74. The third-order valence-corrected chi connectivity index (χ3v) is 3.73. The van der Waals surface area contributed by atoms with Gasteiger partial charge < -0.3 is 5.73 Å². The van der Waals surface area contributed by atoms with Crippen LogP contribution in [0.4, 0.5) is 0 Å². The van der Waals surface area contributed by atoms with Crippen LogP contribution < -0.4 is 5.73 Å². The summed E-state index contributed by atoms with van der Waals surface area (Å²) in [6.45, 7) is 2.37. The number of carbonyl (C=O) groups is 1. The third kappa shape index (κ3) is 3.28. The van der Waals surface area contributed by atoms with E-state index in [0.717, 1.165) is 25.9 Å². The Bertz CT molecular complexity index is 339. The number of aromatic nitrogens is 1. The maximum absolute atomic E-state index is 10.9. The highest BCUT2D eigenvalue weighted by atomic mass is 32.1. The van der Waals surface area contributed by atoms with Crippen LogP contribution in [0.15, 0.2) is 11.6 Å². The van der Waals surface area contributed by atoms with E-state index in [1.54, 1.807) is 11.3 Å². The Labute approximate surface area is 99.5 Å². The van der Waals surface area contributed by atoms with Crippen molar-refractivity contribution in [2.75, 3.05) is 19.6 Å². The lowest BCUT2D eigenvalue weighted by molar-refractivity contribution is -0.119. The molecular formula is C11H17N3OS. The minimum atomic E-state index is -0.227. The van der Waals surface area contributed by atoms with Gasteiger partial charge in [-0.05, 0) is 25.3 Å². The van der Waals surface area contributed by atoms with Gasteiger partial charge >= 0.3 is 0 Å². The smallest absolute Gasteiger partial charge is 0.231 e. The van der Waals surface area contributed by atoms with E-state index in [1.807, 2.05) is 11.6 Å². The highest BCUT2D eigenvalue weighted by Crippen LogP contribution is 2.21. The lowest BCUT2D eigenvalue weighted by atomic mass is 9.95. The minimum absolute atomic E-state index is 0.227. The molecule has 5 heteroatoms. The van der Waals surface area contributed by atoms with E-state index in [4.69, 9.17) is 5.73 Å². The van der Waals surface area contributed by atoms with Gasteiger partial charge in [-0.3, -0.25) is 9.69 Å². The molecule has 1 aliphatic rings. The van der Waals surface area contributed by atoms with Crippen molar-refractivity contribution in [3.8, 4) is 0 Å². The molecule has 1 aromatic heterocycles. The van der Waals surface area contributed by atoms with E-state index in [9.17, 15) is 4.79 Å². The molecule has 0 spiro atoms. The van der Waals surface area contributed by atoms with Crippen molar-refractivity contribution in [2.45, 2.75) is 19.3 Å². The molecule has 2 rings (SSSR count). The van der Waals surface area contributed by atoms with Crippen LogP contribution >= 0.6 is 11.3 Å². The topological polar surface area (TPSA) is 59.2 Å². The number of nitrogens with zero attached hydrogens (tertiary/aromatic N) is 2. The van der Waals surface area contributed by atoms with Crippen molar-refractivity contribution in [1.29, 1.82) is 0 Å². The normalized spacial score (nSPS) is 22.1. The van der Waals surface area contributed by atoms with E-state index in [0.29, 0.717) is 12.5 Å². The first-order valence-electron chi connectivity index (χ1n) is 5.63. The molecule has 1 unspecified atom stereocenters. The molecule has 4 nitrogen and oxygen atoms in total. The molecule has 1 amide bonds. The predicted molar refractivity (Wildman–Crippen MR) is 64.2 cm³/mol. The number of thiazole rings is 1. The average Bonchev–Trinajstić information content (AvgIpc) is 2.70. The Hall–Kier alpha value is -0.940. The van der Waals surface area contributed by atoms with Crippen LogP contribution in [0.5, 0.6) is 0 Å². The zero-order valence-electron chi connectivity index (χ0n) is 9.26. The fraction of sp³-hybridized carbons (Fsp3) is 0.636. The lowest BCUT2D eigenvalue weighted by Gasteiger charge is -2.31. The third-order valence-electron chi connectivity index (χ3n) is 2.93. The number of piperidine rings is 1. The van der Waals surface area contributed by atoms with Crippen LogP contribution in [0.2, 0.25) is 0 Å². The van der Waals surface area contributed by atoms with E-state index in [1.165, 1.54) is 11.4 Å². The molecular weight excluding hydrogens is 222 g/mol. The fourth-order valence-corrected chi connectivity index (χ4v) is 3.02. The Balaban J connectivity index is 1.84. The summed E-state index contributed by atoms with van der Waals surface area (Å²) in [5.41, 5.74) is 5.21. The molecule has 2 heterocycles. The standard InChI is InChI=1S/C11H17N3OS/c12-10(15)8-14-4-1-2-9(7-14)6-11-13-3-5-16-11/h3,5,9H,1-2,4,6-8H2,(H2,12,15). The molecule has 1 aromatic rings. The molecule has 1 fully saturated rings. The maximum atomic E-state index is 10.9. The minimum Gasteiger partial charge on any atom is -0.369 e. The molecule has 88 valence electrons. The van der Waals surface area contributed by atoms with E-state index in [-0.39, 0.29) is 5.91 Å². The van der Waals surface area contributed by atoms with Gasteiger partial charge in [-0.25, -0.2) is 4.98 Å². The van der Waals surface area contributed by atoms with Crippen molar-refractivity contribution in [1.82, 2.24) is 9.88 Å². The van der Waals surface area contributed by atoms with Crippen LogP contribution in [0, 0.1) is 5.92 Å². The molecule has 0 bridgehead atoms. The summed E-state index contributed by atoms with van der Waals surface area (Å²) in [4.78, 5) is 17.3. The summed E-state index contributed by atoms with van der Waals surface area (Å²) in [7, 11) is 0. The monoisotopic (exact) mass is 239 g/mol. The molecule has 1 aliphatic heterocycles. The summed E-state index contributed by atoms with van der Waals surface area (Å²) in [6, 6.07) is 0. The summed E-state index contributed by atoms with van der Waals surface area (Å²) in [6.07, 6.45) is 5.27. The van der Waals surface area contributed by atoms with Crippen molar-refractivity contribution in [3.05, 3.63) is 16.6 Å². The highest BCUT2D eigenvalue weighted by Gasteiger charge is 2.21. The maximum Gasteiger partial charge on any atom is 0.231 e. The van der Waals surface area contributed by atoms with Crippen LogP contribution in [0.1, 0.15) is 17.8 Å². The van der Waals surface area contributed by atoms with Gasteiger partial charge in [0.1, 0.15) is 0 Å². The first-order valence-corrected chi connectivity index (χ1v) is 6.51. The molecule has 2 N–H and O–H groups in total. The summed E-state index contributed by atoms with van der Waals surface area (Å²) >= 11 is 1.71. The SMILES string of the molecule is NC(=O)CN1CCCC(Cc2nccs2)C1. The molecule has 0 aliphatic carbocycles. The number of nitrogens with two attached hydrogens (primary N) is 1. The number of hydrogen-bond acceptors (Lipinski definition) is 4. The second-order valence-corrected chi connectivity index (χ2v) is 5.32. The number of rotatable bonds is 4. The summed E-state index contributed by atoms with van der Waals surface area (Å²) < 4.78 is 0. The largest absolute Gasteiger partial charge is 0.369 e. The Morgan fingerprint density at radius 3 is 3.25 bits per heavy atom. The van der Waals surface area contributed by atoms with E-state index >= 15 is 0 Å². The Morgan fingerprint density at radius 1 is 1.69 bits per heavy atom. The van der Waals surface area contributed by atoms with Crippen molar-refractivity contribution in [3.63, 3.8) is 0 Å². The fourth-order valence-electron chi connectivity index (χ4n) is 2.28. The Kier molecular flexibility index (Phi) is 3.90. The van der Waals surface area contributed by atoms with Crippen LogP contribution in [-0.2, 0) is 11.2 Å². The van der Waals surface area contributed by atoms with Gasteiger partial charge in [0.2, 0.25) is 5.91 Å². The van der Waals surface area contributed by atoms with Crippen molar-refractivity contribution >= 4 is 17.2 Å². The average molecular weight is 239 g/mol. The van der Waals surface area contributed by atoms with Crippen LogP contribution in [-0.4, -0.2) is 35.4 Å². The van der Waals surface area contributed by atoms with Gasteiger partial charge in [0.25, 0.3) is 0 Å². The van der Waals surface area contributed by atoms with Crippen LogP contribution in [0.3, 0.4) is 0 Å². The van der Waals surface area contributed by atoms with Crippen molar-refractivity contribution in [2.24, 2.45) is 11.7 Å². The second kappa shape index (κ2) is 5.41. The zero-order valence-corrected chi connectivity index (χ0v) is 10.1.